The molecule has 1 heterocycles. The minimum atomic E-state index is 0.698. The fraction of sp³-hybridized carbons (Fsp3) is 0.538. The van der Waals surface area contributed by atoms with Gasteiger partial charge in [0.1, 0.15) is 0 Å². The normalized spacial score (nSPS) is 17.0. The highest BCUT2D eigenvalue weighted by molar-refractivity contribution is 6.33. The molecule has 0 aliphatic carbocycles. The van der Waals surface area contributed by atoms with Crippen molar-refractivity contribution in [1.29, 1.82) is 0 Å². The fourth-order valence-electron chi connectivity index (χ4n) is 2.21. The summed E-state index contributed by atoms with van der Waals surface area (Å²) in [7, 11) is 0. The Morgan fingerprint density at radius 3 is 2.71 bits per heavy atom. The summed E-state index contributed by atoms with van der Waals surface area (Å²) in [6, 6.07) is 5.59. The highest BCUT2D eigenvalue weighted by atomic mass is 35.5. The van der Waals surface area contributed by atoms with Crippen LogP contribution in [-0.2, 0) is 0 Å². The molecule has 1 aromatic rings. The lowest BCUT2D eigenvalue weighted by Crippen LogP contribution is -2.33. The second-order valence-electron chi connectivity index (χ2n) is 4.57. The van der Waals surface area contributed by atoms with Gasteiger partial charge in [-0.05, 0) is 44.1 Å². The van der Waals surface area contributed by atoms with E-state index in [2.05, 4.69) is 10.2 Å². The number of likely N-dealkylation sites (tertiary alicyclic amines) is 1. The van der Waals surface area contributed by atoms with Gasteiger partial charge in [-0.3, -0.25) is 0 Å². The topological polar surface area (TPSA) is 41.3 Å². The number of nitrogens with zero attached hydrogens (tertiary/aromatic N) is 1. The van der Waals surface area contributed by atoms with Crippen LogP contribution in [-0.4, -0.2) is 31.1 Å². The first kappa shape index (κ1) is 12.5. The molecule has 0 saturated carbocycles. The van der Waals surface area contributed by atoms with Gasteiger partial charge in [-0.2, -0.15) is 0 Å². The molecular weight excluding hydrogens is 234 g/mol. The first-order valence-electron chi connectivity index (χ1n) is 6.27. The summed E-state index contributed by atoms with van der Waals surface area (Å²) in [6.07, 6.45) is 4.05. The molecule has 4 heteroatoms. The first-order valence-corrected chi connectivity index (χ1v) is 6.65. The lowest BCUT2D eigenvalue weighted by atomic mass is 10.1. The third kappa shape index (κ3) is 3.79. The number of rotatable bonds is 4. The van der Waals surface area contributed by atoms with Gasteiger partial charge in [-0.15, -0.1) is 0 Å². The van der Waals surface area contributed by atoms with Gasteiger partial charge < -0.3 is 16.0 Å². The van der Waals surface area contributed by atoms with E-state index in [1.165, 1.54) is 32.4 Å². The van der Waals surface area contributed by atoms with Gasteiger partial charge in [0.25, 0.3) is 0 Å². The van der Waals surface area contributed by atoms with Crippen molar-refractivity contribution in [3.63, 3.8) is 0 Å². The SMILES string of the molecule is Nc1ccc(NCCN2CCCCC2)c(Cl)c1. The zero-order valence-electron chi connectivity index (χ0n) is 10.1. The lowest BCUT2D eigenvalue weighted by molar-refractivity contribution is 0.237. The molecule has 1 saturated heterocycles. The summed E-state index contributed by atoms with van der Waals surface area (Å²) >= 11 is 6.09. The average Bonchev–Trinajstić information content (AvgIpc) is 2.33. The summed E-state index contributed by atoms with van der Waals surface area (Å²) in [5.41, 5.74) is 7.33. The predicted molar refractivity (Wildman–Crippen MR) is 74.6 cm³/mol. The van der Waals surface area contributed by atoms with Crippen LogP contribution >= 0.6 is 11.6 Å². The van der Waals surface area contributed by atoms with Gasteiger partial charge >= 0.3 is 0 Å². The third-order valence-corrected chi connectivity index (χ3v) is 3.50. The second kappa shape index (κ2) is 6.12. The van der Waals surface area contributed by atoms with Crippen LogP contribution < -0.4 is 11.1 Å². The Morgan fingerprint density at radius 1 is 1.24 bits per heavy atom. The number of nitrogens with one attached hydrogen (secondary N) is 1. The highest BCUT2D eigenvalue weighted by Crippen LogP contribution is 2.23. The van der Waals surface area contributed by atoms with E-state index < -0.39 is 0 Å². The molecule has 94 valence electrons. The fourth-order valence-corrected chi connectivity index (χ4v) is 2.46. The van der Waals surface area contributed by atoms with Crippen LogP contribution in [0.3, 0.4) is 0 Å². The summed E-state index contributed by atoms with van der Waals surface area (Å²) in [6.45, 7) is 4.48. The molecule has 0 amide bonds. The summed E-state index contributed by atoms with van der Waals surface area (Å²) < 4.78 is 0. The van der Waals surface area contributed by atoms with Crippen molar-refractivity contribution in [3.8, 4) is 0 Å². The molecule has 0 atom stereocenters. The Balaban J connectivity index is 1.77. The molecule has 0 aromatic heterocycles. The number of nitrogen functional groups attached to an aromatic ring is 1. The van der Waals surface area contributed by atoms with Crippen molar-refractivity contribution in [2.24, 2.45) is 0 Å². The Labute approximate surface area is 108 Å². The van der Waals surface area contributed by atoms with Crippen LogP contribution in [0.15, 0.2) is 18.2 Å². The molecule has 1 fully saturated rings. The molecule has 0 unspecified atom stereocenters. The zero-order valence-corrected chi connectivity index (χ0v) is 10.8. The van der Waals surface area contributed by atoms with Crippen molar-refractivity contribution >= 4 is 23.0 Å². The quantitative estimate of drug-likeness (QED) is 0.811. The minimum Gasteiger partial charge on any atom is -0.399 e. The van der Waals surface area contributed by atoms with E-state index in [4.69, 9.17) is 17.3 Å². The molecule has 0 radical (unpaired) electrons. The number of hydrogen-bond donors (Lipinski definition) is 2. The lowest BCUT2D eigenvalue weighted by Gasteiger charge is -2.26. The Morgan fingerprint density at radius 2 is 2.00 bits per heavy atom. The van der Waals surface area contributed by atoms with Crippen LogP contribution in [0.25, 0.3) is 0 Å². The Bertz CT molecular complexity index is 362. The van der Waals surface area contributed by atoms with Gasteiger partial charge in [-0.25, -0.2) is 0 Å². The number of benzene rings is 1. The van der Waals surface area contributed by atoms with Gasteiger partial charge in [-0.1, -0.05) is 18.0 Å². The number of piperidine rings is 1. The van der Waals surface area contributed by atoms with Crippen LogP contribution in [0.5, 0.6) is 0 Å². The molecule has 0 spiro atoms. The standard InChI is InChI=1S/C13H20ClN3/c14-12-10-11(15)4-5-13(12)16-6-9-17-7-2-1-3-8-17/h4-5,10,16H,1-3,6-9,15H2. The highest BCUT2D eigenvalue weighted by Gasteiger charge is 2.09. The van der Waals surface area contributed by atoms with E-state index in [0.717, 1.165) is 18.8 Å². The van der Waals surface area contributed by atoms with E-state index in [0.29, 0.717) is 10.7 Å². The molecule has 1 aromatic carbocycles. The number of halogens is 1. The molecular formula is C13H20ClN3. The van der Waals surface area contributed by atoms with E-state index in [1.54, 1.807) is 6.07 Å². The average molecular weight is 254 g/mol. The summed E-state index contributed by atoms with van der Waals surface area (Å²) in [5.74, 6) is 0. The van der Waals surface area contributed by atoms with Crippen LogP contribution in [0.4, 0.5) is 11.4 Å². The molecule has 0 bridgehead atoms. The van der Waals surface area contributed by atoms with Gasteiger partial charge in [0.15, 0.2) is 0 Å². The number of hydrogen-bond acceptors (Lipinski definition) is 3. The zero-order chi connectivity index (χ0) is 12.1. The van der Waals surface area contributed by atoms with E-state index in [-0.39, 0.29) is 0 Å². The number of anilines is 2. The first-order chi connectivity index (χ1) is 8.25. The van der Waals surface area contributed by atoms with Crippen molar-refractivity contribution in [2.75, 3.05) is 37.2 Å². The van der Waals surface area contributed by atoms with Crippen molar-refractivity contribution in [3.05, 3.63) is 23.2 Å². The monoisotopic (exact) mass is 253 g/mol. The van der Waals surface area contributed by atoms with Crippen molar-refractivity contribution < 1.29 is 0 Å². The van der Waals surface area contributed by atoms with E-state index in [9.17, 15) is 0 Å². The smallest absolute Gasteiger partial charge is 0.0657 e. The maximum Gasteiger partial charge on any atom is 0.0657 e. The van der Waals surface area contributed by atoms with Crippen LogP contribution in [0.2, 0.25) is 5.02 Å². The largest absolute Gasteiger partial charge is 0.399 e. The van der Waals surface area contributed by atoms with E-state index >= 15 is 0 Å². The molecule has 17 heavy (non-hydrogen) atoms. The summed E-state index contributed by atoms with van der Waals surface area (Å²) in [5, 5.41) is 4.06. The molecule has 1 aliphatic heterocycles. The molecule has 1 aliphatic rings. The molecule has 3 nitrogen and oxygen atoms in total. The Kier molecular flexibility index (Phi) is 4.51. The van der Waals surface area contributed by atoms with Crippen molar-refractivity contribution in [2.45, 2.75) is 19.3 Å². The van der Waals surface area contributed by atoms with Crippen LogP contribution in [0.1, 0.15) is 19.3 Å². The van der Waals surface area contributed by atoms with Gasteiger partial charge in [0, 0.05) is 18.8 Å². The van der Waals surface area contributed by atoms with Crippen molar-refractivity contribution in [1.82, 2.24) is 4.90 Å². The summed E-state index contributed by atoms with van der Waals surface area (Å²) in [4.78, 5) is 2.50. The predicted octanol–water partition coefficient (Wildman–Crippen LogP) is 2.82. The third-order valence-electron chi connectivity index (χ3n) is 3.19. The van der Waals surface area contributed by atoms with Crippen LogP contribution in [0, 0.1) is 0 Å². The molecule has 2 rings (SSSR count). The van der Waals surface area contributed by atoms with Gasteiger partial charge in [0.05, 0.1) is 10.7 Å². The maximum atomic E-state index is 6.09. The van der Waals surface area contributed by atoms with E-state index in [1.807, 2.05) is 12.1 Å². The second-order valence-corrected chi connectivity index (χ2v) is 4.98. The number of nitrogens with two attached hydrogens (primary N) is 1. The maximum absolute atomic E-state index is 6.09. The van der Waals surface area contributed by atoms with Gasteiger partial charge in [0.2, 0.25) is 0 Å². The Hall–Kier alpha value is -0.930. The molecule has 3 N–H and O–H groups in total. The minimum absolute atomic E-state index is 0.698.